The minimum atomic E-state index is -0.306. The summed E-state index contributed by atoms with van der Waals surface area (Å²) in [7, 11) is 1.61. The summed E-state index contributed by atoms with van der Waals surface area (Å²) < 4.78 is 7.25. The van der Waals surface area contributed by atoms with Crippen molar-refractivity contribution < 1.29 is 9.84 Å². The Hall–Kier alpha value is -2.91. The van der Waals surface area contributed by atoms with Crippen molar-refractivity contribution >= 4 is 63.4 Å². The van der Waals surface area contributed by atoms with Crippen LogP contribution in [-0.4, -0.2) is 26.8 Å². The molecule has 0 radical (unpaired) electrons. The van der Waals surface area contributed by atoms with Crippen LogP contribution in [-0.2, 0) is 11.5 Å². The van der Waals surface area contributed by atoms with Crippen molar-refractivity contribution in [1.82, 2.24) is 14.5 Å². The summed E-state index contributed by atoms with van der Waals surface area (Å²) in [5.41, 5.74) is 3.07. The Morgan fingerprint density at radius 1 is 1.26 bits per heavy atom. The highest BCUT2D eigenvalue weighted by molar-refractivity contribution is 7.10. The number of hydrogen-bond donors (Lipinski definition) is 2. The number of nitrogens with one attached hydrogen (secondary N) is 1. The van der Waals surface area contributed by atoms with Gasteiger partial charge in [0.1, 0.15) is 12.4 Å². The number of imidazole rings is 1. The van der Waals surface area contributed by atoms with Crippen molar-refractivity contribution in [3.05, 3.63) is 76.9 Å². The number of thiazole rings is 1. The van der Waals surface area contributed by atoms with Crippen LogP contribution in [0.15, 0.2) is 40.1 Å². The molecule has 0 fully saturated rings. The van der Waals surface area contributed by atoms with E-state index >= 15 is 0 Å². The van der Waals surface area contributed by atoms with Gasteiger partial charge in [0.05, 0.1) is 31.3 Å². The van der Waals surface area contributed by atoms with Crippen molar-refractivity contribution in [3.8, 4) is 5.88 Å². The molecule has 0 aliphatic carbocycles. The van der Waals surface area contributed by atoms with Crippen LogP contribution in [0.4, 0.5) is 0 Å². The van der Waals surface area contributed by atoms with Crippen LogP contribution in [0.2, 0.25) is 10.0 Å². The highest BCUT2D eigenvalue weighted by Gasteiger charge is 2.19. The van der Waals surface area contributed by atoms with Gasteiger partial charge in [-0.25, -0.2) is 9.98 Å². The third-order valence-electron chi connectivity index (χ3n) is 4.82. The summed E-state index contributed by atoms with van der Waals surface area (Å²) >= 11 is 13.3. The van der Waals surface area contributed by atoms with Crippen LogP contribution in [0.25, 0.3) is 28.9 Å². The summed E-state index contributed by atoms with van der Waals surface area (Å²) in [6.07, 6.45) is 3.68. The Kier molecular flexibility index (Phi) is 4.94. The number of ether oxygens (including phenoxy) is 1. The van der Waals surface area contributed by atoms with Gasteiger partial charge in [-0.1, -0.05) is 40.6 Å². The Morgan fingerprint density at radius 3 is 2.81 bits per heavy atom. The first kappa shape index (κ1) is 20.0. The van der Waals surface area contributed by atoms with Gasteiger partial charge in [0.2, 0.25) is 5.88 Å². The maximum Gasteiger partial charge on any atom is 0.307 e. The molecule has 2 aromatic carbocycles. The van der Waals surface area contributed by atoms with Gasteiger partial charge in [-0.3, -0.25) is 14.3 Å². The first-order chi connectivity index (χ1) is 14.9. The summed E-state index contributed by atoms with van der Waals surface area (Å²) in [6, 6.07) is 9.18. The topological polar surface area (TPSA) is 92.5 Å². The lowest BCUT2D eigenvalue weighted by atomic mass is 10.1. The number of aromatic amines is 1. The maximum atomic E-state index is 11.4. The van der Waals surface area contributed by atoms with Gasteiger partial charge in [-0.15, -0.1) is 0 Å². The zero-order valence-electron chi connectivity index (χ0n) is 16.0. The molecule has 0 amide bonds. The number of hydrogen-bond acceptors (Lipinski definition) is 6. The van der Waals surface area contributed by atoms with E-state index in [-0.39, 0.29) is 17.5 Å². The standard InChI is InChI=1S/C21H14Cl2N4O3S/c1-30-9-27-17-8-13(23)12(22)7-15(17)25-19(27)16-6-11-4-10(2-3-14(11)24-16)5-18-20(28)26-21(29)31-18/h2-8,28H,9H2,1H3,(H,26,29). The molecular weight excluding hydrogens is 459 g/mol. The molecule has 156 valence electrons. The fraction of sp³-hybridized carbons (Fsp3) is 0.0952. The van der Waals surface area contributed by atoms with Crippen molar-refractivity contribution in [3.63, 3.8) is 0 Å². The highest BCUT2D eigenvalue weighted by Crippen LogP contribution is 2.31. The number of methoxy groups -OCH3 is 1. The number of rotatable bonds is 4. The number of aromatic nitrogens is 3. The van der Waals surface area contributed by atoms with Crippen molar-refractivity contribution in [2.45, 2.75) is 6.73 Å². The fourth-order valence-electron chi connectivity index (χ4n) is 3.46. The second-order valence-corrected chi connectivity index (χ2v) is 8.70. The molecule has 0 unspecified atom stereocenters. The quantitative estimate of drug-likeness (QED) is 0.476. The Morgan fingerprint density at radius 2 is 2.06 bits per heavy atom. The second-order valence-electron chi connectivity index (χ2n) is 6.87. The monoisotopic (exact) mass is 472 g/mol. The van der Waals surface area contributed by atoms with Gasteiger partial charge in [0, 0.05) is 12.7 Å². The van der Waals surface area contributed by atoms with E-state index in [2.05, 4.69) is 4.98 Å². The summed E-state index contributed by atoms with van der Waals surface area (Å²) in [5, 5.41) is 12.3. The van der Waals surface area contributed by atoms with Crippen molar-refractivity contribution in [2.24, 2.45) is 4.99 Å². The molecule has 0 saturated carbocycles. The van der Waals surface area contributed by atoms with E-state index in [0.29, 0.717) is 32.0 Å². The smallest absolute Gasteiger partial charge is 0.307 e. The molecule has 0 saturated heterocycles. The molecule has 1 aliphatic rings. The number of benzene rings is 2. The molecule has 0 spiro atoms. The van der Waals surface area contributed by atoms with E-state index in [0.717, 1.165) is 33.0 Å². The predicted octanol–water partition coefficient (Wildman–Crippen LogP) is 3.36. The van der Waals surface area contributed by atoms with Gasteiger partial charge in [0.25, 0.3) is 0 Å². The van der Waals surface area contributed by atoms with E-state index in [1.54, 1.807) is 25.3 Å². The number of H-pyrrole nitrogens is 1. The van der Waals surface area contributed by atoms with Crippen LogP contribution in [0.3, 0.4) is 0 Å². The SMILES string of the molecule is COCn1c(C2=Cc3cc(=Cc4sc(=O)[nH]c4O)ccc3=N2)nc2cc(Cl)c(Cl)cc21. The van der Waals surface area contributed by atoms with Gasteiger partial charge < -0.3 is 9.84 Å². The maximum absolute atomic E-state index is 11.4. The largest absolute Gasteiger partial charge is 0.493 e. The Balaban J connectivity index is 1.62. The zero-order chi connectivity index (χ0) is 21.7. The molecule has 3 heterocycles. The van der Waals surface area contributed by atoms with Gasteiger partial charge in [-0.05, 0) is 41.6 Å². The zero-order valence-corrected chi connectivity index (χ0v) is 18.3. The molecule has 0 bridgehead atoms. The first-order valence-electron chi connectivity index (χ1n) is 9.12. The molecule has 2 N–H and O–H groups in total. The molecule has 2 aromatic heterocycles. The van der Waals surface area contributed by atoms with E-state index in [1.165, 1.54) is 0 Å². The number of fused-ring (bicyclic) bond motifs is 2. The third kappa shape index (κ3) is 3.57. The molecule has 31 heavy (non-hydrogen) atoms. The van der Waals surface area contributed by atoms with E-state index in [1.807, 2.05) is 28.8 Å². The van der Waals surface area contributed by atoms with E-state index in [4.69, 9.17) is 37.9 Å². The Bertz CT molecular complexity index is 1570. The van der Waals surface area contributed by atoms with Crippen molar-refractivity contribution in [1.29, 1.82) is 0 Å². The molecule has 1 aliphatic heterocycles. The molecule has 5 rings (SSSR count). The van der Waals surface area contributed by atoms with Crippen LogP contribution in [0.5, 0.6) is 5.88 Å². The summed E-state index contributed by atoms with van der Waals surface area (Å²) in [5.74, 6) is 0.500. The van der Waals surface area contributed by atoms with Crippen LogP contribution >= 0.6 is 34.5 Å². The molecule has 10 heteroatoms. The van der Waals surface area contributed by atoms with Gasteiger partial charge in [-0.2, -0.15) is 0 Å². The third-order valence-corrected chi connectivity index (χ3v) is 6.36. The summed E-state index contributed by atoms with van der Waals surface area (Å²) in [6.45, 7) is 0.276. The van der Waals surface area contributed by atoms with Crippen molar-refractivity contribution in [2.75, 3.05) is 7.11 Å². The van der Waals surface area contributed by atoms with E-state index < -0.39 is 0 Å². The average Bonchev–Trinajstić information content (AvgIpc) is 3.38. The Labute approximate surface area is 189 Å². The second kappa shape index (κ2) is 7.65. The van der Waals surface area contributed by atoms with Gasteiger partial charge >= 0.3 is 4.87 Å². The lowest BCUT2D eigenvalue weighted by Gasteiger charge is -2.07. The average molecular weight is 473 g/mol. The number of halogens is 2. The minimum Gasteiger partial charge on any atom is -0.493 e. The molecule has 7 nitrogen and oxygen atoms in total. The lowest BCUT2D eigenvalue weighted by molar-refractivity contribution is 0.133. The minimum absolute atomic E-state index is 0.137. The van der Waals surface area contributed by atoms with Gasteiger partial charge in [0.15, 0.2) is 5.82 Å². The normalized spacial score (nSPS) is 13.5. The van der Waals surface area contributed by atoms with Crippen LogP contribution in [0.1, 0.15) is 16.3 Å². The first-order valence-corrected chi connectivity index (χ1v) is 10.7. The lowest BCUT2D eigenvalue weighted by Crippen LogP contribution is -2.10. The highest BCUT2D eigenvalue weighted by atomic mass is 35.5. The number of nitrogens with zero attached hydrogens (tertiary/aromatic N) is 3. The predicted molar refractivity (Wildman–Crippen MR) is 122 cm³/mol. The number of aromatic hydroxyl groups is 1. The molecule has 0 atom stereocenters. The fourth-order valence-corrected chi connectivity index (χ4v) is 4.47. The van der Waals surface area contributed by atoms with Crippen LogP contribution < -0.4 is 15.4 Å². The molecule has 4 aromatic rings. The van der Waals surface area contributed by atoms with Crippen LogP contribution in [0, 0.1) is 0 Å². The molecular formula is C21H14Cl2N4O3S. The van der Waals surface area contributed by atoms with E-state index in [9.17, 15) is 9.90 Å². The summed E-state index contributed by atoms with van der Waals surface area (Å²) in [4.78, 5) is 23.4.